The summed E-state index contributed by atoms with van der Waals surface area (Å²) in [6.07, 6.45) is 0. The fourth-order valence-corrected chi connectivity index (χ4v) is 3.22. The third-order valence-electron chi connectivity index (χ3n) is 3.76. The first-order valence-electron chi connectivity index (χ1n) is 7.07. The third-order valence-corrected chi connectivity index (χ3v) is 5.34. The second-order valence-corrected chi connectivity index (χ2v) is 6.75. The molecule has 1 aliphatic heterocycles. The predicted octanol–water partition coefficient (Wildman–Crippen LogP) is 4.67. The molecule has 3 rings (SSSR count). The molecule has 0 saturated heterocycles. The number of benzene rings is 2. The summed E-state index contributed by atoms with van der Waals surface area (Å²) in [6.45, 7) is 4.48. The number of halogens is 2. The molecule has 2 nitrogen and oxygen atoms in total. The van der Waals surface area contributed by atoms with Crippen LogP contribution in [0.3, 0.4) is 0 Å². The van der Waals surface area contributed by atoms with Crippen molar-refractivity contribution in [3.05, 3.63) is 67.2 Å². The third kappa shape index (κ3) is 3.26. The number of fused-ring (bicyclic) bond motifs is 1. The first kappa shape index (κ1) is 15.3. The zero-order valence-electron chi connectivity index (χ0n) is 11.8. The summed E-state index contributed by atoms with van der Waals surface area (Å²) in [5.41, 5.74) is 5.06. The lowest BCUT2D eigenvalue weighted by Crippen LogP contribution is -2.22. The van der Waals surface area contributed by atoms with Crippen LogP contribution in [-0.4, -0.2) is 6.54 Å². The molecule has 110 valence electrons. The van der Waals surface area contributed by atoms with E-state index in [9.17, 15) is 0 Å². The maximum atomic E-state index is 6.28. The van der Waals surface area contributed by atoms with Gasteiger partial charge in [0.2, 0.25) is 0 Å². The lowest BCUT2D eigenvalue weighted by atomic mass is 9.95. The zero-order chi connectivity index (χ0) is 14.8. The summed E-state index contributed by atoms with van der Waals surface area (Å²) in [4.78, 5) is 0. The molecule has 0 saturated carbocycles. The normalized spacial score (nSPS) is 15.0. The Balaban J connectivity index is 1.99. The standard InChI is InChI=1S/C17H17ClINO/c1-2-20-17(12-5-6-16(19)15(18)8-12)11-3-4-13-9-21-10-14(13)7-11/h3-8,17,20H,2,9-10H2,1H3. The monoisotopic (exact) mass is 413 g/mol. The molecule has 21 heavy (non-hydrogen) atoms. The Hall–Kier alpha value is -0.620. The molecule has 1 N–H and O–H groups in total. The predicted molar refractivity (Wildman–Crippen MR) is 94.6 cm³/mol. The van der Waals surface area contributed by atoms with Gasteiger partial charge in [-0.25, -0.2) is 0 Å². The Morgan fingerprint density at radius 1 is 1.14 bits per heavy atom. The molecule has 0 spiro atoms. The molecule has 1 atom stereocenters. The van der Waals surface area contributed by atoms with Gasteiger partial charge in [-0.15, -0.1) is 0 Å². The van der Waals surface area contributed by atoms with E-state index in [0.717, 1.165) is 28.4 Å². The summed E-state index contributed by atoms with van der Waals surface area (Å²) in [5, 5.41) is 4.36. The van der Waals surface area contributed by atoms with E-state index in [0.29, 0.717) is 0 Å². The van der Waals surface area contributed by atoms with Gasteiger partial charge >= 0.3 is 0 Å². The topological polar surface area (TPSA) is 21.3 Å². The quantitative estimate of drug-likeness (QED) is 0.735. The molecule has 2 aromatic rings. The lowest BCUT2D eigenvalue weighted by molar-refractivity contribution is 0.134. The van der Waals surface area contributed by atoms with Crippen molar-refractivity contribution in [2.75, 3.05) is 6.54 Å². The lowest BCUT2D eigenvalue weighted by Gasteiger charge is -2.20. The van der Waals surface area contributed by atoms with Crippen LogP contribution in [0.1, 0.15) is 35.2 Å². The van der Waals surface area contributed by atoms with Gasteiger partial charge < -0.3 is 10.1 Å². The number of hydrogen-bond donors (Lipinski definition) is 1. The van der Waals surface area contributed by atoms with Crippen molar-refractivity contribution in [1.82, 2.24) is 5.32 Å². The van der Waals surface area contributed by atoms with Gasteiger partial charge in [0.25, 0.3) is 0 Å². The van der Waals surface area contributed by atoms with Gasteiger partial charge in [0, 0.05) is 3.57 Å². The van der Waals surface area contributed by atoms with Crippen LogP contribution in [0.4, 0.5) is 0 Å². The highest BCUT2D eigenvalue weighted by molar-refractivity contribution is 14.1. The average Bonchev–Trinajstić information content (AvgIpc) is 2.95. The average molecular weight is 414 g/mol. The fraction of sp³-hybridized carbons (Fsp3) is 0.294. The Morgan fingerprint density at radius 2 is 1.86 bits per heavy atom. The molecule has 0 fully saturated rings. The molecule has 2 aromatic carbocycles. The summed E-state index contributed by atoms with van der Waals surface area (Å²) in [7, 11) is 0. The van der Waals surface area contributed by atoms with E-state index < -0.39 is 0 Å². The zero-order valence-corrected chi connectivity index (χ0v) is 14.7. The SMILES string of the molecule is CCNC(c1ccc(I)c(Cl)c1)c1ccc2c(c1)COC2. The van der Waals surface area contributed by atoms with Gasteiger partial charge in [0.1, 0.15) is 0 Å². The largest absolute Gasteiger partial charge is 0.372 e. The molecular weight excluding hydrogens is 397 g/mol. The van der Waals surface area contributed by atoms with Crippen LogP contribution < -0.4 is 5.32 Å². The maximum absolute atomic E-state index is 6.28. The van der Waals surface area contributed by atoms with Gasteiger partial charge in [-0.2, -0.15) is 0 Å². The van der Waals surface area contributed by atoms with E-state index in [1.165, 1.54) is 22.3 Å². The van der Waals surface area contributed by atoms with Crippen molar-refractivity contribution < 1.29 is 4.74 Å². The van der Waals surface area contributed by atoms with Crippen LogP contribution in [0.2, 0.25) is 5.02 Å². The molecule has 0 aliphatic carbocycles. The minimum absolute atomic E-state index is 0.162. The summed E-state index contributed by atoms with van der Waals surface area (Å²) in [6, 6.07) is 13.0. The summed E-state index contributed by atoms with van der Waals surface area (Å²) < 4.78 is 6.59. The first-order chi connectivity index (χ1) is 10.2. The van der Waals surface area contributed by atoms with Crippen molar-refractivity contribution in [2.45, 2.75) is 26.2 Å². The van der Waals surface area contributed by atoms with E-state index in [1.807, 2.05) is 0 Å². The van der Waals surface area contributed by atoms with E-state index in [1.54, 1.807) is 0 Å². The molecule has 1 aliphatic rings. The highest BCUT2D eigenvalue weighted by Gasteiger charge is 2.18. The fourth-order valence-electron chi connectivity index (χ4n) is 2.70. The van der Waals surface area contributed by atoms with Crippen molar-refractivity contribution in [3.8, 4) is 0 Å². The molecule has 0 bridgehead atoms. The van der Waals surface area contributed by atoms with E-state index >= 15 is 0 Å². The van der Waals surface area contributed by atoms with Crippen molar-refractivity contribution in [3.63, 3.8) is 0 Å². The van der Waals surface area contributed by atoms with Crippen molar-refractivity contribution in [2.24, 2.45) is 0 Å². The van der Waals surface area contributed by atoms with Crippen LogP contribution in [0.15, 0.2) is 36.4 Å². The van der Waals surface area contributed by atoms with Gasteiger partial charge in [0.15, 0.2) is 0 Å². The van der Waals surface area contributed by atoms with Crippen LogP contribution in [0, 0.1) is 3.57 Å². The van der Waals surface area contributed by atoms with Crippen LogP contribution in [-0.2, 0) is 18.0 Å². The highest BCUT2D eigenvalue weighted by atomic mass is 127. The number of ether oxygens (including phenoxy) is 1. The first-order valence-corrected chi connectivity index (χ1v) is 8.52. The number of hydrogen-bond acceptors (Lipinski definition) is 2. The molecule has 0 radical (unpaired) electrons. The second-order valence-electron chi connectivity index (χ2n) is 5.19. The Kier molecular flexibility index (Phi) is 4.84. The minimum atomic E-state index is 0.162. The molecule has 1 heterocycles. The number of nitrogens with one attached hydrogen (secondary N) is 1. The van der Waals surface area contributed by atoms with E-state index in [-0.39, 0.29) is 6.04 Å². The molecule has 1 unspecified atom stereocenters. The summed E-state index contributed by atoms with van der Waals surface area (Å²) >= 11 is 8.54. The highest BCUT2D eigenvalue weighted by Crippen LogP contribution is 2.30. The van der Waals surface area contributed by atoms with Crippen molar-refractivity contribution >= 4 is 34.2 Å². The van der Waals surface area contributed by atoms with Gasteiger partial charge in [-0.3, -0.25) is 0 Å². The van der Waals surface area contributed by atoms with Crippen LogP contribution in [0.25, 0.3) is 0 Å². The van der Waals surface area contributed by atoms with Crippen LogP contribution in [0.5, 0.6) is 0 Å². The minimum Gasteiger partial charge on any atom is -0.372 e. The molecule has 0 aromatic heterocycles. The smallest absolute Gasteiger partial charge is 0.0725 e. The van der Waals surface area contributed by atoms with Crippen molar-refractivity contribution in [1.29, 1.82) is 0 Å². The van der Waals surface area contributed by atoms with Gasteiger partial charge in [-0.1, -0.05) is 42.8 Å². The van der Waals surface area contributed by atoms with E-state index in [2.05, 4.69) is 71.2 Å². The second kappa shape index (κ2) is 6.65. The molecular formula is C17H17ClINO. The Morgan fingerprint density at radius 3 is 2.62 bits per heavy atom. The Labute approximate surface area is 144 Å². The van der Waals surface area contributed by atoms with Gasteiger partial charge in [0.05, 0.1) is 24.3 Å². The maximum Gasteiger partial charge on any atom is 0.0725 e. The molecule has 4 heteroatoms. The Bertz CT molecular complexity index is 659. The molecule has 0 amide bonds. The van der Waals surface area contributed by atoms with Gasteiger partial charge in [-0.05, 0) is 63.5 Å². The van der Waals surface area contributed by atoms with Crippen LogP contribution >= 0.6 is 34.2 Å². The summed E-state index contributed by atoms with van der Waals surface area (Å²) in [5.74, 6) is 0. The van der Waals surface area contributed by atoms with E-state index in [4.69, 9.17) is 16.3 Å². The number of rotatable bonds is 4.